The van der Waals surface area contributed by atoms with E-state index in [2.05, 4.69) is 17.0 Å². The van der Waals surface area contributed by atoms with Gasteiger partial charge < -0.3 is 10.1 Å². The SMILES string of the molecule is CCc1ccc(S(=O)(=O)NCC2CCCO2)cc1CNC. The molecule has 0 aromatic heterocycles. The van der Waals surface area contributed by atoms with Gasteiger partial charge in [-0.05, 0) is 49.6 Å². The Labute approximate surface area is 127 Å². The summed E-state index contributed by atoms with van der Waals surface area (Å²) in [7, 11) is -1.61. The van der Waals surface area contributed by atoms with Gasteiger partial charge in [0.2, 0.25) is 10.0 Å². The van der Waals surface area contributed by atoms with Crippen molar-refractivity contribution >= 4 is 10.0 Å². The van der Waals surface area contributed by atoms with Crippen molar-refractivity contribution in [3.05, 3.63) is 29.3 Å². The van der Waals surface area contributed by atoms with Gasteiger partial charge in [-0.3, -0.25) is 0 Å². The van der Waals surface area contributed by atoms with Crippen LogP contribution in [0.15, 0.2) is 23.1 Å². The van der Waals surface area contributed by atoms with Gasteiger partial charge in [0, 0.05) is 19.7 Å². The van der Waals surface area contributed by atoms with Crippen LogP contribution in [0.1, 0.15) is 30.9 Å². The maximum Gasteiger partial charge on any atom is 0.240 e. The highest BCUT2D eigenvalue weighted by Gasteiger charge is 2.20. The van der Waals surface area contributed by atoms with Gasteiger partial charge in [-0.15, -0.1) is 0 Å². The number of hydrogen-bond donors (Lipinski definition) is 2. The highest BCUT2D eigenvalue weighted by Crippen LogP contribution is 2.18. The lowest BCUT2D eigenvalue weighted by Gasteiger charge is -2.13. The lowest BCUT2D eigenvalue weighted by Crippen LogP contribution is -2.32. The quantitative estimate of drug-likeness (QED) is 0.799. The first-order chi connectivity index (χ1) is 10.1. The summed E-state index contributed by atoms with van der Waals surface area (Å²) in [6, 6.07) is 5.33. The van der Waals surface area contributed by atoms with Crippen molar-refractivity contribution in [1.29, 1.82) is 0 Å². The van der Waals surface area contributed by atoms with E-state index < -0.39 is 10.0 Å². The summed E-state index contributed by atoms with van der Waals surface area (Å²) in [4.78, 5) is 0.322. The zero-order chi connectivity index (χ0) is 15.3. The Bertz CT molecular complexity index is 566. The topological polar surface area (TPSA) is 67.4 Å². The van der Waals surface area contributed by atoms with E-state index in [1.165, 1.54) is 5.56 Å². The Morgan fingerprint density at radius 3 is 2.76 bits per heavy atom. The van der Waals surface area contributed by atoms with Gasteiger partial charge in [-0.1, -0.05) is 13.0 Å². The largest absolute Gasteiger partial charge is 0.377 e. The predicted octanol–water partition coefficient (Wildman–Crippen LogP) is 1.43. The number of sulfonamides is 1. The Kier molecular flexibility index (Phi) is 5.75. The van der Waals surface area contributed by atoms with Crippen molar-refractivity contribution < 1.29 is 13.2 Å². The molecule has 1 aromatic carbocycles. The average Bonchev–Trinajstić information content (AvgIpc) is 2.99. The van der Waals surface area contributed by atoms with Crippen molar-refractivity contribution in [2.75, 3.05) is 20.2 Å². The number of aryl methyl sites for hydroxylation is 1. The minimum atomic E-state index is -3.47. The maximum absolute atomic E-state index is 12.4. The minimum Gasteiger partial charge on any atom is -0.377 e. The van der Waals surface area contributed by atoms with E-state index in [9.17, 15) is 8.42 Å². The molecule has 5 nitrogen and oxygen atoms in total. The highest BCUT2D eigenvalue weighted by molar-refractivity contribution is 7.89. The molecule has 0 saturated carbocycles. The molecule has 1 atom stereocenters. The monoisotopic (exact) mass is 312 g/mol. The summed E-state index contributed by atoms with van der Waals surface area (Å²) in [6.45, 7) is 3.81. The molecule has 0 spiro atoms. The average molecular weight is 312 g/mol. The number of benzene rings is 1. The van der Waals surface area contributed by atoms with E-state index in [0.717, 1.165) is 31.4 Å². The van der Waals surface area contributed by atoms with Gasteiger partial charge in [-0.25, -0.2) is 13.1 Å². The van der Waals surface area contributed by atoms with Crippen molar-refractivity contribution in [1.82, 2.24) is 10.0 Å². The first kappa shape index (κ1) is 16.4. The van der Waals surface area contributed by atoms with Crippen LogP contribution < -0.4 is 10.0 Å². The van der Waals surface area contributed by atoms with Crippen LogP contribution in [-0.4, -0.2) is 34.7 Å². The standard InChI is InChI=1S/C15H24N2O3S/c1-3-12-6-7-15(9-13(12)10-16-2)21(18,19)17-11-14-5-4-8-20-14/h6-7,9,14,16-17H,3-5,8,10-11H2,1-2H3. The van der Waals surface area contributed by atoms with E-state index in [0.29, 0.717) is 18.0 Å². The van der Waals surface area contributed by atoms with Crippen LogP contribution in [0.5, 0.6) is 0 Å². The third-order valence-corrected chi connectivity index (χ3v) is 5.18. The number of nitrogens with one attached hydrogen (secondary N) is 2. The van der Waals surface area contributed by atoms with Gasteiger partial charge in [0.25, 0.3) is 0 Å². The predicted molar refractivity (Wildman–Crippen MR) is 82.7 cm³/mol. The van der Waals surface area contributed by atoms with Crippen molar-refractivity contribution in [3.8, 4) is 0 Å². The van der Waals surface area contributed by atoms with Crippen molar-refractivity contribution in [2.24, 2.45) is 0 Å². The molecule has 118 valence electrons. The van der Waals surface area contributed by atoms with Crippen LogP contribution in [0.4, 0.5) is 0 Å². The van der Waals surface area contributed by atoms with E-state index >= 15 is 0 Å². The summed E-state index contributed by atoms with van der Waals surface area (Å²) >= 11 is 0. The Hall–Kier alpha value is -0.950. The smallest absolute Gasteiger partial charge is 0.240 e. The molecular formula is C15H24N2O3S. The number of hydrogen-bond acceptors (Lipinski definition) is 4. The summed E-state index contributed by atoms with van der Waals surface area (Å²) in [5, 5.41) is 3.08. The second kappa shape index (κ2) is 7.35. The minimum absolute atomic E-state index is 0.00599. The molecule has 0 aliphatic carbocycles. The molecular weight excluding hydrogens is 288 g/mol. The van der Waals surface area contributed by atoms with Gasteiger partial charge in [-0.2, -0.15) is 0 Å². The second-order valence-electron chi connectivity index (χ2n) is 5.30. The van der Waals surface area contributed by atoms with E-state index in [1.54, 1.807) is 12.1 Å². The fraction of sp³-hybridized carbons (Fsp3) is 0.600. The van der Waals surface area contributed by atoms with Gasteiger partial charge in [0.05, 0.1) is 11.0 Å². The molecule has 6 heteroatoms. The lowest BCUT2D eigenvalue weighted by molar-refractivity contribution is 0.114. The Morgan fingerprint density at radius 2 is 2.14 bits per heavy atom. The molecule has 0 radical (unpaired) electrons. The van der Waals surface area contributed by atoms with Gasteiger partial charge >= 0.3 is 0 Å². The molecule has 1 unspecified atom stereocenters. The molecule has 1 saturated heterocycles. The highest BCUT2D eigenvalue weighted by atomic mass is 32.2. The summed E-state index contributed by atoms with van der Waals surface area (Å²) in [5.74, 6) is 0. The van der Waals surface area contributed by atoms with Crippen LogP contribution in [0.25, 0.3) is 0 Å². The molecule has 0 bridgehead atoms. The van der Waals surface area contributed by atoms with Crippen molar-refractivity contribution in [3.63, 3.8) is 0 Å². The molecule has 2 rings (SSSR count). The second-order valence-corrected chi connectivity index (χ2v) is 7.07. The summed E-state index contributed by atoms with van der Waals surface area (Å²) < 4.78 is 32.8. The first-order valence-corrected chi connectivity index (χ1v) is 8.92. The molecule has 21 heavy (non-hydrogen) atoms. The molecule has 1 aromatic rings. The summed E-state index contributed by atoms with van der Waals surface area (Å²) in [6.07, 6.45) is 2.82. The van der Waals surface area contributed by atoms with Gasteiger partial charge in [0.1, 0.15) is 0 Å². The van der Waals surface area contributed by atoms with E-state index in [4.69, 9.17) is 4.74 Å². The zero-order valence-corrected chi connectivity index (χ0v) is 13.5. The summed E-state index contributed by atoms with van der Waals surface area (Å²) in [5.41, 5.74) is 2.20. The number of rotatable bonds is 7. The molecule has 1 aliphatic rings. The molecule has 1 aliphatic heterocycles. The molecule has 1 heterocycles. The fourth-order valence-corrected chi connectivity index (χ4v) is 3.68. The molecule has 1 fully saturated rings. The number of ether oxygens (including phenoxy) is 1. The van der Waals surface area contributed by atoms with Gasteiger partial charge in [0.15, 0.2) is 0 Å². The molecule has 2 N–H and O–H groups in total. The maximum atomic E-state index is 12.4. The van der Waals surface area contributed by atoms with Crippen LogP contribution in [0.3, 0.4) is 0 Å². The first-order valence-electron chi connectivity index (χ1n) is 7.44. The lowest BCUT2D eigenvalue weighted by atomic mass is 10.1. The third-order valence-electron chi connectivity index (χ3n) is 3.76. The van der Waals surface area contributed by atoms with Crippen LogP contribution in [0, 0.1) is 0 Å². The van der Waals surface area contributed by atoms with Crippen LogP contribution in [-0.2, 0) is 27.7 Å². The normalized spacial score (nSPS) is 19.0. The van der Waals surface area contributed by atoms with Crippen LogP contribution in [0.2, 0.25) is 0 Å². The van der Waals surface area contributed by atoms with E-state index in [-0.39, 0.29) is 6.10 Å². The molecule has 0 amide bonds. The Balaban J connectivity index is 2.12. The third kappa shape index (κ3) is 4.26. The van der Waals surface area contributed by atoms with E-state index in [1.807, 2.05) is 13.1 Å². The Morgan fingerprint density at radius 1 is 1.33 bits per heavy atom. The van der Waals surface area contributed by atoms with Crippen molar-refractivity contribution in [2.45, 2.75) is 43.7 Å². The van der Waals surface area contributed by atoms with Crippen LogP contribution >= 0.6 is 0 Å². The zero-order valence-electron chi connectivity index (χ0n) is 12.7. The fourth-order valence-electron chi connectivity index (χ4n) is 2.56.